The van der Waals surface area contributed by atoms with Gasteiger partial charge in [-0.25, -0.2) is 4.39 Å². The Bertz CT molecular complexity index is 493. The summed E-state index contributed by atoms with van der Waals surface area (Å²) >= 11 is 0. The normalized spacial score (nSPS) is 21.8. The maximum absolute atomic E-state index is 13.7. The van der Waals surface area contributed by atoms with E-state index >= 15 is 0 Å². The molecule has 0 bridgehead atoms. The number of halogens is 1. The first-order chi connectivity index (χ1) is 9.19. The van der Waals surface area contributed by atoms with Crippen LogP contribution in [0.2, 0.25) is 0 Å². The van der Waals surface area contributed by atoms with E-state index in [0.29, 0.717) is 24.0 Å². The molecule has 0 saturated carbocycles. The molecule has 4 heteroatoms. The van der Waals surface area contributed by atoms with E-state index in [0.717, 1.165) is 12.8 Å². The van der Waals surface area contributed by atoms with Gasteiger partial charge >= 0.3 is 0 Å². The van der Waals surface area contributed by atoms with E-state index in [9.17, 15) is 4.39 Å². The Labute approximate surface area is 112 Å². The Morgan fingerprint density at radius 1 is 1.47 bits per heavy atom. The molecule has 0 amide bonds. The summed E-state index contributed by atoms with van der Waals surface area (Å²) in [6.07, 6.45) is 2.44. The second-order valence-electron chi connectivity index (χ2n) is 4.60. The van der Waals surface area contributed by atoms with Crippen LogP contribution < -0.4 is 10.5 Å². The molecule has 3 nitrogen and oxygen atoms in total. The highest BCUT2D eigenvalue weighted by atomic mass is 19.1. The fraction of sp³-hybridized carbons (Fsp3) is 0.467. The third-order valence-corrected chi connectivity index (χ3v) is 3.02. The van der Waals surface area contributed by atoms with Crippen LogP contribution >= 0.6 is 0 Å². The Hall–Kier alpha value is -1.57. The second-order valence-corrected chi connectivity index (χ2v) is 4.60. The summed E-state index contributed by atoms with van der Waals surface area (Å²) in [4.78, 5) is 0. The molecule has 0 aliphatic carbocycles. The molecule has 1 aliphatic heterocycles. The summed E-state index contributed by atoms with van der Waals surface area (Å²) in [6, 6.07) is 4.66. The summed E-state index contributed by atoms with van der Waals surface area (Å²) in [5.74, 6) is 5.41. The largest absolute Gasteiger partial charge is 0.491 e. The van der Waals surface area contributed by atoms with Crippen LogP contribution in [0.15, 0.2) is 18.2 Å². The molecule has 1 aromatic rings. The van der Waals surface area contributed by atoms with Gasteiger partial charge < -0.3 is 15.2 Å². The maximum atomic E-state index is 13.7. The summed E-state index contributed by atoms with van der Waals surface area (Å²) in [6.45, 7) is 2.72. The molecule has 1 heterocycles. The lowest BCUT2D eigenvalue weighted by Crippen LogP contribution is -2.17. The van der Waals surface area contributed by atoms with E-state index < -0.39 is 0 Å². The standard InChI is InChI=1S/C15H18FNO2/c1-11-4-6-14(19-11)10-18-13-7-5-12(3-2-8-17)15(16)9-13/h5,7,9,11,14H,4,6,8,10,17H2,1H3. The molecule has 1 aliphatic rings. The van der Waals surface area contributed by atoms with Crippen molar-refractivity contribution in [3.63, 3.8) is 0 Å². The number of hydrogen-bond donors (Lipinski definition) is 1. The van der Waals surface area contributed by atoms with Crippen LogP contribution in [0.25, 0.3) is 0 Å². The van der Waals surface area contributed by atoms with Gasteiger partial charge in [0.05, 0.1) is 24.3 Å². The minimum Gasteiger partial charge on any atom is -0.491 e. The highest BCUT2D eigenvalue weighted by molar-refractivity contribution is 5.39. The quantitative estimate of drug-likeness (QED) is 0.849. The van der Waals surface area contributed by atoms with Crippen molar-refractivity contribution in [2.45, 2.75) is 32.0 Å². The Morgan fingerprint density at radius 3 is 2.95 bits per heavy atom. The maximum Gasteiger partial charge on any atom is 0.142 e. The van der Waals surface area contributed by atoms with Gasteiger partial charge in [0, 0.05) is 6.07 Å². The summed E-state index contributed by atoms with van der Waals surface area (Å²) in [7, 11) is 0. The molecule has 102 valence electrons. The fourth-order valence-corrected chi connectivity index (χ4v) is 2.03. The first-order valence-corrected chi connectivity index (χ1v) is 6.46. The average molecular weight is 263 g/mol. The van der Waals surface area contributed by atoms with Crippen LogP contribution in [0.5, 0.6) is 5.75 Å². The second kappa shape index (κ2) is 6.55. The Morgan fingerprint density at radius 2 is 2.32 bits per heavy atom. The monoisotopic (exact) mass is 263 g/mol. The highest BCUT2D eigenvalue weighted by Crippen LogP contribution is 2.21. The van der Waals surface area contributed by atoms with Gasteiger partial charge in [0.15, 0.2) is 0 Å². The van der Waals surface area contributed by atoms with Crippen molar-refractivity contribution in [2.24, 2.45) is 5.73 Å². The third kappa shape index (κ3) is 3.95. The number of ether oxygens (including phenoxy) is 2. The van der Waals surface area contributed by atoms with Crippen LogP contribution in [0, 0.1) is 17.7 Å². The predicted molar refractivity (Wildman–Crippen MR) is 71.4 cm³/mol. The Balaban J connectivity index is 1.92. The van der Waals surface area contributed by atoms with E-state index in [4.69, 9.17) is 15.2 Å². The lowest BCUT2D eigenvalue weighted by atomic mass is 10.2. The molecular weight excluding hydrogens is 245 g/mol. The van der Waals surface area contributed by atoms with E-state index in [1.165, 1.54) is 6.07 Å². The van der Waals surface area contributed by atoms with Gasteiger partial charge in [0.1, 0.15) is 18.2 Å². The smallest absolute Gasteiger partial charge is 0.142 e. The van der Waals surface area contributed by atoms with Gasteiger partial charge in [-0.3, -0.25) is 0 Å². The van der Waals surface area contributed by atoms with Crippen LogP contribution in [-0.2, 0) is 4.74 Å². The van der Waals surface area contributed by atoms with Crippen molar-refractivity contribution >= 4 is 0 Å². The minimum atomic E-state index is -0.390. The SMILES string of the molecule is CC1CCC(COc2ccc(C#CCN)c(F)c2)O1. The van der Waals surface area contributed by atoms with E-state index in [1.54, 1.807) is 12.1 Å². The van der Waals surface area contributed by atoms with Crippen molar-refractivity contribution in [1.29, 1.82) is 0 Å². The van der Waals surface area contributed by atoms with Crippen molar-refractivity contribution in [1.82, 2.24) is 0 Å². The average Bonchev–Trinajstić information content (AvgIpc) is 2.81. The lowest BCUT2D eigenvalue weighted by molar-refractivity contribution is 0.0264. The van der Waals surface area contributed by atoms with E-state index in [1.807, 2.05) is 6.92 Å². The van der Waals surface area contributed by atoms with E-state index in [2.05, 4.69) is 11.8 Å². The van der Waals surface area contributed by atoms with Crippen molar-refractivity contribution in [3.8, 4) is 17.6 Å². The number of hydrogen-bond acceptors (Lipinski definition) is 3. The fourth-order valence-electron chi connectivity index (χ4n) is 2.03. The van der Waals surface area contributed by atoms with Gasteiger partial charge in [-0.05, 0) is 31.9 Å². The van der Waals surface area contributed by atoms with Crippen LogP contribution in [0.4, 0.5) is 4.39 Å². The minimum absolute atomic E-state index is 0.106. The van der Waals surface area contributed by atoms with Crippen molar-refractivity contribution < 1.29 is 13.9 Å². The van der Waals surface area contributed by atoms with Crippen LogP contribution in [-0.4, -0.2) is 25.4 Å². The van der Waals surface area contributed by atoms with Gasteiger partial charge in [-0.1, -0.05) is 11.8 Å². The van der Waals surface area contributed by atoms with Crippen LogP contribution in [0.3, 0.4) is 0 Å². The summed E-state index contributed by atoms with van der Waals surface area (Å²) < 4.78 is 24.9. The molecule has 0 spiro atoms. The molecule has 0 radical (unpaired) electrons. The van der Waals surface area contributed by atoms with E-state index in [-0.39, 0.29) is 18.5 Å². The zero-order chi connectivity index (χ0) is 13.7. The van der Waals surface area contributed by atoms with Gasteiger partial charge in [-0.15, -0.1) is 0 Å². The third-order valence-electron chi connectivity index (χ3n) is 3.02. The molecule has 2 atom stereocenters. The molecule has 19 heavy (non-hydrogen) atoms. The number of rotatable bonds is 3. The Kier molecular flexibility index (Phi) is 4.78. The zero-order valence-corrected chi connectivity index (χ0v) is 11.0. The summed E-state index contributed by atoms with van der Waals surface area (Å²) in [5.41, 5.74) is 5.59. The molecular formula is C15H18FNO2. The molecule has 2 unspecified atom stereocenters. The molecule has 1 aromatic carbocycles. The van der Waals surface area contributed by atoms with Gasteiger partial charge in [-0.2, -0.15) is 0 Å². The highest BCUT2D eigenvalue weighted by Gasteiger charge is 2.22. The first-order valence-electron chi connectivity index (χ1n) is 6.46. The molecule has 0 aromatic heterocycles. The lowest BCUT2D eigenvalue weighted by Gasteiger charge is -2.12. The molecule has 2 rings (SSSR count). The number of benzene rings is 1. The number of nitrogens with two attached hydrogens (primary N) is 1. The van der Waals surface area contributed by atoms with Gasteiger partial charge in [0.25, 0.3) is 0 Å². The molecule has 1 fully saturated rings. The first kappa shape index (κ1) is 13.9. The molecule has 1 saturated heterocycles. The van der Waals surface area contributed by atoms with Gasteiger partial charge in [0.2, 0.25) is 0 Å². The van der Waals surface area contributed by atoms with Crippen LogP contribution in [0.1, 0.15) is 25.3 Å². The van der Waals surface area contributed by atoms with Crippen molar-refractivity contribution in [2.75, 3.05) is 13.2 Å². The predicted octanol–water partition coefficient (Wildman–Crippen LogP) is 2.08. The summed E-state index contributed by atoms with van der Waals surface area (Å²) in [5, 5.41) is 0. The van der Waals surface area contributed by atoms with Crippen molar-refractivity contribution in [3.05, 3.63) is 29.6 Å². The topological polar surface area (TPSA) is 44.5 Å². The molecule has 2 N–H and O–H groups in total. The zero-order valence-electron chi connectivity index (χ0n) is 11.0.